The molecule has 1 atom stereocenters. The van der Waals surface area contributed by atoms with Crippen LogP contribution in [0.3, 0.4) is 0 Å². The van der Waals surface area contributed by atoms with Crippen molar-refractivity contribution < 1.29 is 34.1 Å². The Hall–Kier alpha value is -2.52. The van der Waals surface area contributed by atoms with Gasteiger partial charge in [0.25, 0.3) is 0 Å². The monoisotopic (exact) mass is 462 g/mol. The van der Waals surface area contributed by atoms with Gasteiger partial charge in [-0.15, -0.1) is 0 Å². The fourth-order valence-corrected chi connectivity index (χ4v) is 4.86. The molecule has 0 radical (unpaired) electrons. The minimum atomic E-state index is -1.82. The number of hydrogen-bond acceptors (Lipinski definition) is 6. The SMILES string of the molecule is CC1CCC(C(=O)N2CCC3(CC2)CC(OCc2cccnc2)CO3)CC1.O=C(O)C(=O)O. The lowest BCUT2D eigenvalue weighted by molar-refractivity contribution is -0.159. The number of aliphatic carboxylic acids is 2. The summed E-state index contributed by atoms with van der Waals surface area (Å²) in [4.78, 5) is 37.3. The molecule has 182 valence electrons. The topological polar surface area (TPSA) is 126 Å². The maximum absolute atomic E-state index is 12.8. The maximum atomic E-state index is 12.8. The molecule has 1 unspecified atom stereocenters. The molecule has 3 heterocycles. The van der Waals surface area contributed by atoms with E-state index in [9.17, 15) is 4.79 Å². The fourth-order valence-electron chi connectivity index (χ4n) is 4.86. The van der Waals surface area contributed by atoms with Crippen LogP contribution in [0.5, 0.6) is 0 Å². The zero-order valence-corrected chi connectivity index (χ0v) is 19.1. The molecule has 1 spiro atoms. The van der Waals surface area contributed by atoms with Gasteiger partial charge in [-0.3, -0.25) is 9.78 Å². The van der Waals surface area contributed by atoms with Crippen molar-refractivity contribution >= 4 is 17.8 Å². The predicted molar refractivity (Wildman–Crippen MR) is 118 cm³/mol. The molecule has 3 fully saturated rings. The Bertz CT molecular complexity index is 788. The Labute approximate surface area is 194 Å². The molecule has 3 aliphatic rings. The van der Waals surface area contributed by atoms with Crippen molar-refractivity contribution in [1.82, 2.24) is 9.88 Å². The first-order chi connectivity index (χ1) is 15.8. The molecular weight excluding hydrogens is 428 g/mol. The van der Waals surface area contributed by atoms with Crippen molar-refractivity contribution in [2.45, 2.75) is 70.2 Å². The number of pyridine rings is 1. The van der Waals surface area contributed by atoms with Crippen molar-refractivity contribution in [3.05, 3.63) is 30.1 Å². The molecule has 1 aliphatic carbocycles. The molecule has 0 aromatic carbocycles. The molecule has 9 nitrogen and oxygen atoms in total. The lowest BCUT2D eigenvalue weighted by Crippen LogP contribution is -2.48. The summed E-state index contributed by atoms with van der Waals surface area (Å²) < 4.78 is 12.2. The number of ether oxygens (including phenoxy) is 2. The highest BCUT2D eigenvalue weighted by molar-refractivity contribution is 6.27. The van der Waals surface area contributed by atoms with Gasteiger partial charge in [-0.1, -0.05) is 13.0 Å². The molecule has 2 saturated heterocycles. The number of carboxylic acids is 2. The number of nitrogens with zero attached hydrogens (tertiary/aromatic N) is 2. The van der Waals surface area contributed by atoms with Crippen molar-refractivity contribution in [1.29, 1.82) is 0 Å². The van der Waals surface area contributed by atoms with Crippen molar-refractivity contribution in [3.8, 4) is 0 Å². The van der Waals surface area contributed by atoms with Gasteiger partial charge in [-0.2, -0.15) is 0 Å². The number of carboxylic acid groups (broad SMARTS) is 2. The molecule has 33 heavy (non-hydrogen) atoms. The Morgan fingerprint density at radius 3 is 2.39 bits per heavy atom. The summed E-state index contributed by atoms with van der Waals surface area (Å²) in [6.07, 6.45) is 11.1. The van der Waals surface area contributed by atoms with Crippen LogP contribution in [0.1, 0.15) is 57.4 Å². The second kappa shape index (κ2) is 11.6. The van der Waals surface area contributed by atoms with E-state index in [-0.39, 0.29) is 17.6 Å². The van der Waals surface area contributed by atoms with Crippen LogP contribution in [0, 0.1) is 11.8 Å². The summed E-state index contributed by atoms with van der Waals surface area (Å²) >= 11 is 0. The minimum Gasteiger partial charge on any atom is -0.473 e. The molecule has 1 aromatic heterocycles. The zero-order chi connectivity index (χ0) is 23.8. The summed E-state index contributed by atoms with van der Waals surface area (Å²) in [6.45, 7) is 5.22. The van der Waals surface area contributed by atoms with Crippen molar-refractivity contribution in [3.63, 3.8) is 0 Å². The van der Waals surface area contributed by atoms with Crippen LogP contribution in [0.15, 0.2) is 24.5 Å². The first-order valence-corrected chi connectivity index (χ1v) is 11.7. The number of piperidine rings is 1. The van der Waals surface area contributed by atoms with E-state index in [4.69, 9.17) is 29.3 Å². The smallest absolute Gasteiger partial charge is 0.414 e. The third-order valence-corrected chi connectivity index (χ3v) is 6.92. The highest BCUT2D eigenvalue weighted by atomic mass is 16.6. The lowest BCUT2D eigenvalue weighted by Gasteiger charge is -2.40. The van der Waals surface area contributed by atoms with Gasteiger partial charge in [0.15, 0.2) is 0 Å². The zero-order valence-electron chi connectivity index (χ0n) is 19.1. The number of aromatic nitrogens is 1. The second-order valence-electron chi connectivity index (χ2n) is 9.38. The number of carbonyl (C=O) groups excluding carboxylic acids is 1. The van der Waals surface area contributed by atoms with E-state index < -0.39 is 11.9 Å². The van der Waals surface area contributed by atoms with Gasteiger partial charge in [0.1, 0.15) is 0 Å². The van der Waals surface area contributed by atoms with E-state index in [1.807, 2.05) is 18.3 Å². The van der Waals surface area contributed by atoms with Crippen LogP contribution in [0.4, 0.5) is 0 Å². The van der Waals surface area contributed by atoms with E-state index in [0.717, 1.165) is 56.7 Å². The van der Waals surface area contributed by atoms with Gasteiger partial charge in [-0.05, 0) is 56.1 Å². The van der Waals surface area contributed by atoms with Crippen LogP contribution in [-0.4, -0.2) is 69.3 Å². The van der Waals surface area contributed by atoms with E-state index >= 15 is 0 Å². The van der Waals surface area contributed by atoms with E-state index in [1.165, 1.54) is 12.8 Å². The van der Waals surface area contributed by atoms with Gasteiger partial charge < -0.3 is 24.6 Å². The lowest BCUT2D eigenvalue weighted by atomic mass is 9.81. The van der Waals surface area contributed by atoms with Gasteiger partial charge in [-0.25, -0.2) is 9.59 Å². The number of likely N-dealkylation sites (tertiary alicyclic amines) is 1. The molecule has 2 N–H and O–H groups in total. The van der Waals surface area contributed by atoms with Gasteiger partial charge in [0.2, 0.25) is 5.91 Å². The average molecular weight is 463 g/mol. The normalized spacial score (nSPS) is 26.3. The molecule has 2 aliphatic heterocycles. The Balaban J connectivity index is 0.000000454. The molecule has 1 amide bonds. The second-order valence-corrected chi connectivity index (χ2v) is 9.38. The summed E-state index contributed by atoms with van der Waals surface area (Å²) in [5.41, 5.74) is 1.01. The van der Waals surface area contributed by atoms with Crippen LogP contribution in [0.2, 0.25) is 0 Å². The molecule has 0 bridgehead atoms. The molecular formula is C24H34N2O7. The van der Waals surface area contributed by atoms with E-state index in [2.05, 4.69) is 16.8 Å². The third kappa shape index (κ3) is 7.23. The summed E-state index contributed by atoms with van der Waals surface area (Å²) in [5.74, 6) is -2.21. The summed E-state index contributed by atoms with van der Waals surface area (Å²) in [5, 5.41) is 14.8. The fraction of sp³-hybridized carbons (Fsp3) is 0.667. The highest BCUT2D eigenvalue weighted by Gasteiger charge is 2.44. The quantitative estimate of drug-likeness (QED) is 0.654. The van der Waals surface area contributed by atoms with Crippen LogP contribution >= 0.6 is 0 Å². The van der Waals surface area contributed by atoms with Crippen LogP contribution < -0.4 is 0 Å². The Kier molecular flexibility index (Phi) is 8.80. The number of carbonyl (C=O) groups is 3. The third-order valence-electron chi connectivity index (χ3n) is 6.92. The highest BCUT2D eigenvalue weighted by Crippen LogP contribution is 2.38. The minimum absolute atomic E-state index is 0.0858. The van der Waals surface area contributed by atoms with Crippen LogP contribution in [-0.2, 0) is 30.5 Å². The van der Waals surface area contributed by atoms with Crippen molar-refractivity contribution in [2.24, 2.45) is 11.8 Å². The van der Waals surface area contributed by atoms with Crippen molar-refractivity contribution in [2.75, 3.05) is 19.7 Å². The number of amides is 1. The number of hydrogen-bond donors (Lipinski definition) is 2. The van der Waals surface area contributed by atoms with Crippen LogP contribution in [0.25, 0.3) is 0 Å². The van der Waals surface area contributed by atoms with E-state index in [0.29, 0.717) is 19.1 Å². The average Bonchev–Trinajstić information content (AvgIpc) is 3.21. The Morgan fingerprint density at radius 2 is 1.82 bits per heavy atom. The maximum Gasteiger partial charge on any atom is 0.414 e. The molecule has 1 saturated carbocycles. The predicted octanol–water partition coefficient (Wildman–Crippen LogP) is 2.73. The van der Waals surface area contributed by atoms with Gasteiger partial charge in [0.05, 0.1) is 24.9 Å². The van der Waals surface area contributed by atoms with Gasteiger partial charge >= 0.3 is 11.9 Å². The first-order valence-electron chi connectivity index (χ1n) is 11.7. The molecule has 9 heteroatoms. The molecule has 1 aromatic rings. The number of rotatable bonds is 4. The summed E-state index contributed by atoms with van der Waals surface area (Å²) in [7, 11) is 0. The Morgan fingerprint density at radius 1 is 1.15 bits per heavy atom. The summed E-state index contributed by atoms with van der Waals surface area (Å²) in [6, 6.07) is 3.97. The largest absolute Gasteiger partial charge is 0.473 e. The molecule has 4 rings (SSSR count). The standard InChI is InChI=1S/C22H32N2O3.C2H2O4/c1-17-4-6-19(7-5-17)21(25)24-11-8-22(9-12-24)13-20(16-27-22)26-15-18-3-2-10-23-14-18;3-1(4)2(5)6/h2-3,10,14,17,19-20H,4-9,11-13,15-16H2,1H3;(H,3,4)(H,5,6). The van der Waals surface area contributed by atoms with Gasteiger partial charge in [0, 0.05) is 37.8 Å². The van der Waals surface area contributed by atoms with E-state index in [1.54, 1.807) is 6.20 Å². The first kappa shape index (κ1) is 25.1.